The Kier molecular flexibility index (Phi) is 4.83. The summed E-state index contributed by atoms with van der Waals surface area (Å²) in [7, 11) is 1.72. The Morgan fingerprint density at radius 2 is 2.00 bits per heavy atom. The van der Waals surface area contributed by atoms with Crippen LogP contribution in [0.1, 0.15) is 17.5 Å². The van der Waals surface area contributed by atoms with Crippen LogP contribution in [0.5, 0.6) is 5.75 Å². The van der Waals surface area contributed by atoms with E-state index in [2.05, 4.69) is 11.4 Å². The van der Waals surface area contributed by atoms with Crippen LogP contribution in [0.3, 0.4) is 0 Å². The molecule has 21 heavy (non-hydrogen) atoms. The molecule has 1 aromatic carbocycles. The molecule has 5 nitrogen and oxygen atoms in total. The summed E-state index contributed by atoms with van der Waals surface area (Å²) < 4.78 is 5.63. The molecule has 0 aliphatic carbocycles. The standard InChI is InChI=1S/C16H22N2O3/c1-11-6-12(2)8-14(7-11)21-5-4-17-16(20)13-9-15(19)18(3)10-13/h6-8,13H,4-5,9-10H2,1-3H3,(H,17,20)/t13-/m0/s1. The number of likely N-dealkylation sites (tertiary alicyclic amines) is 1. The number of rotatable bonds is 5. The molecule has 2 amide bonds. The summed E-state index contributed by atoms with van der Waals surface area (Å²) in [5, 5.41) is 2.82. The molecule has 1 fully saturated rings. The van der Waals surface area contributed by atoms with Gasteiger partial charge in [0.25, 0.3) is 0 Å². The van der Waals surface area contributed by atoms with E-state index in [1.165, 1.54) is 0 Å². The van der Waals surface area contributed by atoms with Gasteiger partial charge in [0, 0.05) is 20.0 Å². The molecule has 1 aliphatic rings. The van der Waals surface area contributed by atoms with E-state index >= 15 is 0 Å². The van der Waals surface area contributed by atoms with E-state index in [-0.39, 0.29) is 17.7 Å². The average Bonchev–Trinajstić information content (AvgIpc) is 2.73. The molecule has 0 spiro atoms. The lowest BCUT2D eigenvalue weighted by atomic mass is 10.1. The third-order valence-electron chi connectivity index (χ3n) is 3.58. The highest BCUT2D eigenvalue weighted by Crippen LogP contribution is 2.17. The fourth-order valence-electron chi connectivity index (χ4n) is 2.54. The van der Waals surface area contributed by atoms with Crippen LogP contribution in [0, 0.1) is 19.8 Å². The Morgan fingerprint density at radius 1 is 1.33 bits per heavy atom. The van der Waals surface area contributed by atoms with E-state index in [1.54, 1.807) is 11.9 Å². The molecular weight excluding hydrogens is 268 g/mol. The Morgan fingerprint density at radius 3 is 2.57 bits per heavy atom. The zero-order chi connectivity index (χ0) is 15.4. The molecule has 2 rings (SSSR count). The topological polar surface area (TPSA) is 58.6 Å². The molecule has 5 heteroatoms. The first-order valence-corrected chi connectivity index (χ1v) is 7.18. The highest BCUT2D eigenvalue weighted by atomic mass is 16.5. The zero-order valence-corrected chi connectivity index (χ0v) is 12.8. The molecule has 1 atom stereocenters. The molecule has 1 aliphatic heterocycles. The van der Waals surface area contributed by atoms with Gasteiger partial charge in [-0.2, -0.15) is 0 Å². The molecule has 0 aromatic heterocycles. The number of benzene rings is 1. The van der Waals surface area contributed by atoms with Crippen LogP contribution in [0.2, 0.25) is 0 Å². The lowest BCUT2D eigenvalue weighted by Gasteiger charge is -2.12. The third kappa shape index (κ3) is 4.21. The predicted molar refractivity (Wildman–Crippen MR) is 80.2 cm³/mol. The van der Waals surface area contributed by atoms with Gasteiger partial charge in [-0.05, 0) is 37.1 Å². The van der Waals surface area contributed by atoms with Gasteiger partial charge in [-0.25, -0.2) is 0 Å². The second kappa shape index (κ2) is 6.61. The maximum Gasteiger partial charge on any atom is 0.225 e. The molecular formula is C16H22N2O3. The SMILES string of the molecule is Cc1cc(C)cc(OCCNC(=O)[C@H]2CC(=O)N(C)C2)c1. The van der Waals surface area contributed by atoms with Crippen molar-refractivity contribution >= 4 is 11.8 Å². The van der Waals surface area contributed by atoms with Crippen LogP contribution in [-0.2, 0) is 9.59 Å². The van der Waals surface area contributed by atoms with Gasteiger partial charge in [-0.15, -0.1) is 0 Å². The van der Waals surface area contributed by atoms with Crippen LogP contribution < -0.4 is 10.1 Å². The number of aryl methyl sites for hydroxylation is 2. The van der Waals surface area contributed by atoms with Crippen molar-refractivity contribution in [3.05, 3.63) is 29.3 Å². The van der Waals surface area contributed by atoms with E-state index in [9.17, 15) is 9.59 Å². The lowest BCUT2D eigenvalue weighted by molar-refractivity contribution is -0.128. The van der Waals surface area contributed by atoms with Gasteiger partial charge in [0.05, 0.1) is 12.5 Å². The van der Waals surface area contributed by atoms with Crippen molar-refractivity contribution in [3.8, 4) is 5.75 Å². The number of carbonyl (C=O) groups excluding carboxylic acids is 2. The number of carbonyl (C=O) groups is 2. The molecule has 114 valence electrons. The van der Waals surface area contributed by atoms with Gasteiger partial charge < -0.3 is 15.0 Å². The minimum atomic E-state index is -0.233. The normalized spacial score (nSPS) is 18.0. The molecule has 1 aromatic rings. The van der Waals surface area contributed by atoms with Gasteiger partial charge in [-0.3, -0.25) is 9.59 Å². The van der Waals surface area contributed by atoms with E-state index in [0.29, 0.717) is 26.1 Å². The average molecular weight is 290 g/mol. The molecule has 1 N–H and O–H groups in total. The van der Waals surface area contributed by atoms with Crippen LogP contribution in [0.15, 0.2) is 18.2 Å². The minimum absolute atomic E-state index is 0.0293. The first-order chi connectivity index (χ1) is 9.95. The Bertz CT molecular complexity index is 522. The summed E-state index contributed by atoms with van der Waals surface area (Å²) >= 11 is 0. The van der Waals surface area contributed by atoms with Crippen molar-refractivity contribution in [1.29, 1.82) is 0 Å². The van der Waals surface area contributed by atoms with Crippen molar-refractivity contribution in [3.63, 3.8) is 0 Å². The molecule has 1 saturated heterocycles. The van der Waals surface area contributed by atoms with Crippen LogP contribution in [0.25, 0.3) is 0 Å². The van der Waals surface area contributed by atoms with Gasteiger partial charge >= 0.3 is 0 Å². The second-order valence-electron chi connectivity index (χ2n) is 5.64. The van der Waals surface area contributed by atoms with E-state index in [0.717, 1.165) is 16.9 Å². The maximum absolute atomic E-state index is 11.9. The number of ether oxygens (including phenoxy) is 1. The maximum atomic E-state index is 11.9. The molecule has 1 heterocycles. The van der Waals surface area contributed by atoms with Crippen LogP contribution in [-0.4, -0.2) is 43.5 Å². The number of nitrogens with zero attached hydrogens (tertiary/aromatic N) is 1. The zero-order valence-electron chi connectivity index (χ0n) is 12.8. The van der Waals surface area contributed by atoms with Gasteiger partial charge in [0.1, 0.15) is 12.4 Å². The first kappa shape index (κ1) is 15.4. The van der Waals surface area contributed by atoms with Gasteiger partial charge in [-0.1, -0.05) is 6.07 Å². The van der Waals surface area contributed by atoms with Crippen molar-refractivity contribution in [2.24, 2.45) is 5.92 Å². The van der Waals surface area contributed by atoms with Gasteiger partial charge in [0.15, 0.2) is 0 Å². The van der Waals surface area contributed by atoms with Crippen molar-refractivity contribution < 1.29 is 14.3 Å². The highest BCUT2D eigenvalue weighted by Gasteiger charge is 2.31. The van der Waals surface area contributed by atoms with E-state index in [4.69, 9.17) is 4.74 Å². The Hall–Kier alpha value is -2.04. The predicted octanol–water partition coefficient (Wildman–Crippen LogP) is 1.28. The smallest absolute Gasteiger partial charge is 0.225 e. The first-order valence-electron chi connectivity index (χ1n) is 7.18. The van der Waals surface area contributed by atoms with Crippen molar-refractivity contribution in [1.82, 2.24) is 10.2 Å². The summed E-state index contributed by atoms with van der Waals surface area (Å²) in [5.74, 6) is 0.541. The largest absolute Gasteiger partial charge is 0.492 e. The molecule has 0 bridgehead atoms. The monoisotopic (exact) mass is 290 g/mol. The highest BCUT2D eigenvalue weighted by molar-refractivity contribution is 5.89. The summed E-state index contributed by atoms with van der Waals surface area (Å²) in [6.07, 6.45) is 0.306. The van der Waals surface area contributed by atoms with Crippen molar-refractivity contribution in [2.45, 2.75) is 20.3 Å². The van der Waals surface area contributed by atoms with Gasteiger partial charge in [0.2, 0.25) is 11.8 Å². The summed E-state index contributed by atoms with van der Waals surface area (Å²) in [6, 6.07) is 6.03. The quantitative estimate of drug-likeness (QED) is 0.831. The van der Waals surface area contributed by atoms with Crippen LogP contribution in [0.4, 0.5) is 0 Å². The Balaban J connectivity index is 1.72. The number of hydrogen-bond acceptors (Lipinski definition) is 3. The summed E-state index contributed by atoms with van der Waals surface area (Å²) in [4.78, 5) is 24.9. The third-order valence-corrected chi connectivity index (χ3v) is 3.58. The molecule has 0 unspecified atom stereocenters. The summed E-state index contributed by atoms with van der Waals surface area (Å²) in [5.41, 5.74) is 2.31. The van der Waals surface area contributed by atoms with Crippen molar-refractivity contribution in [2.75, 3.05) is 26.7 Å². The minimum Gasteiger partial charge on any atom is -0.492 e. The van der Waals surface area contributed by atoms with E-state index in [1.807, 2.05) is 26.0 Å². The lowest BCUT2D eigenvalue weighted by Crippen LogP contribution is -2.34. The second-order valence-corrected chi connectivity index (χ2v) is 5.64. The molecule has 0 saturated carbocycles. The number of hydrogen-bond donors (Lipinski definition) is 1. The number of nitrogens with one attached hydrogen (secondary N) is 1. The Labute approximate surface area is 125 Å². The fourth-order valence-corrected chi connectivity index (χ4v) is 2.54. The van der Waals surface area contributed by atoms with Crippen LogP contribution >= 0.6 is 0 Å². The van der Waals surface area contributed by atoms with E-state index < -0.39 is 0 Å². The summed E-state index contributed by atoms with van der Waals surface area (Å²) in [6.45, 7) is 5.42. The fraction of sp³-hybridized carbons (Fsp3) is 0.500. The number of amides is 2. The molecule has 0 radical (unpaired) electrons.